The molecule has 18 heavy (non-hydrogen) atoms. The number of amides is 1. The monoisotopic (exact) mass is 325 g/mol. The molecule has 0 aliphatic carbocycles. The van der Waals surface area contributed by atoms with Crippen LogP contribution in [0.25, 0.3) is 0 Å². The summed E-state index contributed by atoms with van der Waals surface area (Å²) in [7, 11) is 0. The summed E-state index contributed by atoms with van der Waals surface area (Å²) < 4.78 is 0.810. The lowest BCUT2D eigenvalue weighted by atomic mass is 10.2. The molecule has 0 spiro atoms. The van der Waals surface area contributed by atoms with Crippen LogP contribution in [0, 0.1) is 6.92 Å². The predicted octanol–water partition coefficient (Wildman–Crippen LogP) is 3.48. The smallest absolute Gasteiger partial charge is 0.245 e. The Morgan fingerprint density at radius 1 is 1.33 bits per heavy atom. The lowest BCUT2D eigenvalue weighted by Gasteiger charge is -2.02. The van der Waals surface area contributed by atoms with Crippen molar-refractivity contribution in [2.45, 2.75) is 6.92 Å². The molecular weight excluding hydrogens is 316 g/mol. The molecule has 0 fully saturated rings. The quantitative estimate of drug-likeness (QED) is 0.902. The van der Waals surface area contributed by atoms with E-state index < -0.39 is 0 Å². The van der Waals surface area contributed by atoms with Gasteiger partial charge in [0.25, 0.3) is 5.82 Å². The highest BCUT2D eigenvalue weighted by atomic mass is 79.9. The number of benzene rings is 1. The molecule has 2 aromatic rings. The lowest BCUT2D eigenvalue weighted by molar-refractivity contribution is -0.370. The largest absolute Gasteiger partial charge is 0.340 e. The third kappa shape index (κ3) is 3.09. The van der Waals surface area contributed by atoms with E-state index in [1.165, 1.54) is 0 Å². The maximum Gasteiger partial charge on any atom is 0.340 e. The molecule has 5 heteroatoms. The molecular formula is C13H11BrClN2O+. The van der Waals surface area contributed by atoms with E-state index in [0.717, 1.165) is 10.2 Å². The van der Waals surface area contributed by atoms with Gasteiger partial charge in [0, 0.05) is 10.5 Å². The minimum Gasteiger partial charge on any atom is -0.245 e. The topological polar surface area (TPSA) is 43.2 Å². The number of aryl methyl sites for hydroxylation is 1. The van der Waals surface area contributed by atoms with Gasteiger partial charge in [0.2, 0.25) is 0 Å². The number of pyridine rings is 1. The summed E-state index contributed by atoms with van der Waals surface area (Å²) in [5, 5.41) is 3.19. The molecule has 0 aliphatic heterocycles. The molecule has 1 amide bonds. The number of rotatable bonds is 2. The zero-order valence-electron chi connectivity index (χ0n) is 9.63. The van der Waals surface area contributed by atoms with Crippen LogP contribution in [-0.2, 0) is 0 Å². The van der Waals surface area contributed by atoms with Gasteiger partial charge in [-0.15, -0.1) is 0 Å². The van der Waals surface area contributed by atoms with Crippen LogP contribution in [0.1, 0.15) is 16.1 Å². The molecule has 1 aromatic heterocycles. The van der Waals surface area contributed by atoms with Crippen LogP contribution in [0.5, 0.6) is 0 Å². The first kappa shape index (κ1) is 13.1. The fraction of sp³-hybridized carbons (Fsp3) is 0.0769. The highest BCUT2D eigenvalue weighted by molar-refractivity contribution is 9.10. The van der Waals surface area contributed by atoms with E-state index in [2.05, 4.69) is 26.2 Å². The van der Waals surface area contributed by atoms with Gasteiger partial charge in [-0.1, -0.05) is 33.6 Å². The van der Waals surface area contributed by atoms with E-state index in [0.29, 0.717) is 16.4 Å². The zero-order chi connectivity index (χ0) is 13.1. The number of H-pyrrole nitrogens is 1. The van der Waals surface area contributed by atoms with Gasteiger partial charge in [0.1, 0.15) is 0 Å². The second-order valence-corrected chi connectivity index (χ2v) is 5.15. The summed E-state index contributed by atoms with van der Waals surface area (Å²) in [6.07, 6.45) is 0. The minimum atomic E-state index is -0.247. The lowest BCUT2D eigenvalue weighted by Crippen LogP contribution is -2.21. The second-order valence-electron chi connectivity index (χ2n) is 3.83. The summed E-state index contributed by atoms with van der Waals surface area (Å²) in [4.78, 5) is 15.1. The molecule has 92 valence electrons. The van der Waals surface area contributed by atoms with Gasteiger partial charge >= 0.3 is 5.91 Å². The van der Waals surface area contributed by atoms with Crippen molar-refractivity contribution in [3.8, 4) is 0 Å². The van der Waals surface area contributed by atoms with Crippen LogP contribution < -0.4 is 10.3 Å². The Kier molecular flexibility index (Phi) is 3.99. The summed E-state index contributed by atoms with van der Waals surface area (Å²) in [5.74, 6) is 0.388. The molecule has 0 bridgehead atoms. The SMILES string of the molecule is Cc1cccc(NC(=O)c2cc(Br)ccc2Cl)[nH+]1. The fourth-order valence-electron chi connectivity index (χ4n) is 1.52. The Balaban J connectivity index is 2.24. The minimum absolute atomic E-state index is 0.247. The van der Waals surface area contributed by atoms with Crippen LogP contribution >= 0.6 is 27.5 Å². The fourth-order valence-corrected chi connectivity index (χ4v) is 2.08. The number of carbonyl (C=O) groups excluding carboxylic acids is 1. The number of halogens is 2. The Morgan fingerprint density at radius 2 is 2.11 bits per heavy atom. The van der Waals surface area contributed by atoms with Crippen molar-refractivity contribution in [1.82, 2.24) is 0 Å². The van der Waals surface area contributed by atoms with Gasteiger partial charge in [-0.05, 0) is 31.2 Å². The number of nitrogens with one attached hydrogen (secondary N) is 2. The third-order valence-corrected chi connectivity index (χ3v) is 3.19. The highest BCUT2D eigenvalue weighted by Gasteiger charge is 2.16. The van der Waals surface area contributed by atoms with Gasteiger partial charge < -0.3 is 0 Å². The maximum absolute atomic E-state index is 12.1. The Hall–Kier alpha value is -1.39. The summed E-state index contributed by atoms with van der Waals surface area (Å²) in [5.41, 5.74) is 1.40. The third-order valence-electron chi connectivity index (χ3n) is 2.36. The molecule has 0 aliphatic rings. The van der Waals surface area contributed by atoms with Crippen molar-refractivity contribution in [3.63, 3.8) is 0 Å². The first-order valence-electron chi connectivity index (χ1n) is 5.31. The molecule has 1 heterocycles. The average Bonchev–Trinajstić information content (AvgIpc) is 2.32. The van der Waals surface area contributed by atoms with Crippen molar-refractivity contribution in [1.29, 1.82) is 0 Å². The van der Waals surface area contributed by atoms with Crippen molar-refractivity contribution in [2.75, 3.05) is 5.32 Å². The highest BCUT2D eigenvalue weighted by Crippen LogP contribution is 2.21. The number of aromatic amines is 1. The molecule has 0 unspecified atom stereocenters. The summed E-state index contributed by atoms with van der Waals surface area (Å²) in [6.45, 7) is 1.92. The predicted molar refractivity (Wildman–Crippen MR) is 74.8 cm³/mol. The molecule has 2 N–H and O–H groups in total. The van der Waals surface area contributed by atoms with E-state index in [1.54, 1.807) is 24.3 Å². The first-order valence-corrected chi connectivity index (χ1v) is 6.49. The zero-order valence-corrected chi connectivity index (χ0v) is 12.0. The van der Waals surface area contributed by atoms with Crippen LogP contribution in [0.2, 0.25) is 5.02 Å². The Morgan fingerprint density at radius 3 is 2.83 bits per heavy atom. The van der Waals surface area contributed by atoms with E-state index in [-0.39, 0.29) is 5.91 Å². The second kappa shape index (κ2) is 5.50. The van der Waals surface area contributed by atoms with Crippen molar-refractivity contribution in [3.05, 3.63) is 57.2 Å². The normalized spacial score (nSPS) is 10.2. The van der Waals surface area contributed by atoms with Crippen LogP contribution in [-0.4, -0.2) is 5.91 Å². The molecule has 2 rings (SSSR count). The first-order chi connectivity index (χ1) is 8.56. The Labute approximate surface area is 118 Å². The van der Waals surface area contributed by atoms with E-state index in [4.69, 9.17) is 11.6 Å². The van der Waals surface area contributed by atoms with Gasteiger partial charge in [0.15, 0.2) is 0 Å². The van der Waals surface area contributed by atoms with E-state index >= 15 is 0 Å². The van der Waals surface area contributed by atoms with Crippen molar-refractivity contribution < 1.29 is 9.78 Å². The molecule has 0 saturated carbocycles. The van der Waals surface area contributed by atoms with E-state index in [1.807, 2.05) is 19.1 Å². The maximum atomic E-state index is 12.1. The van der Waals surface area contributed by atoms with Gasteiger partial charge in [-0.25, -0.2) is 15.1 Å². The van der Waals surface area contributed by atoms with Crippen LogP contribution in [0.4, 0.5) is 5.82 Å². The average molecular weight is 327 g/mol. The standard InChI is InChI=1S/C13H10BrClN2O/c1-8-3-2-4-12(16-8)17-13(18)10-7-9(14)5-6-11(10)15/h2-7H,1H3,(H,16,17,18)/p+1. The number of hydrogen-bond acceptors (Lipinski definition) is 1. The molecule has 1 aromatic carbocycles. The number of anilines is 1. The number of hydrogen-bond donors (Lipinski definition) is 1. The number of aromatic nitrogens is 1. The van der Waals surface area contributed by atoms with Gasteiger partial charge in [-0.2, -0.15) is 0 Å². The van der Waals surface area contributed by atoms with Gasteiger partial charge in [-0.3, -0.25) is 0 Å². The number of carbonyl (C=O) groups is 1. The van der Waals surface area contributed by atoms with Crippen molar-refractivity contribution in [2.24, 2.45) is 0 Å². The van der Waals surface area contributed by atoms with Crippen molar-refractivity contribution >= 4 is 39.3 Å². The molecule has 0 saturated heterocycles. The molecule has 0 radical (unpaired) electrons. The molecule has 0 atom stereocenters. The Bertz CT molecular complexity index is 601. The van der Waals surface area contributed by atoms with Crippen LogP contribution in [0.15, 0.2) is 40.9 Å². The van der Waals surface area contributed by atoms with Gasteiger partial charge in [0.05, 0.1) is 16.3 Å². The summed E-state index contributed by atoms with van der Waals surface area (Å²) in [6, 6.07) is 10.7. The van der Waals surface area contributed by atoms with Crippen LogP contribution in [0.3, 0.4) is 0 Å². The molecule has 3 nitrogen and oxygen atoms in total. The summed E-state index contributed by atoms with van der Waals surface area (Å²) >= 11 is 9.31. The van der Waals surface area contributed by atoms with E-state index in [9.17, 15) is 4.79 Å².